The Kier molecular flexibility index (Phi) is 4.16. The number of methoxy groups -OCH3 is 1. The van der Waals surface area contributed by atoms with Crippen LogP contribution in [0.5, 0.6) is 5.75 Å². The van der Waals surface area contributed by atoms with Crippen LogP contribution in [-0.4, -0.2) is 32.7 Å². The van der Waals surface area contributed by atoms with Gasteiger partial charge in [-0.1, -0.05) is 19.1 Å². The SMILES string of the molecule is CCc1nn2c3c(nnc2c1-c1ccc(OC)cc1)C(=O)C[C@H](c1ccco1)C3. The molecule has 1 atom stereocenters. The van der Waals surface area contributed by atoms with Gasteiger partial charge in [-0.2, -0.15) is 5.10 Å². The molecular formula is C22H20N4O3. The highest BCUT2D eigenvalue weighted by Crippen LogP contribution is 2.35. The van der Waals surface area contributed by atoms with E-state index < -0.39 is 0 Å². The van der Waals surface area contributed by atoms with Crippen molar-refractivity contribution in [2.75, 3.05) is 7.11 Å². The van der Waals surface area contributed by atoms with Crippen molar-refractivity contribution >= 4 is 11.4 Å². The summed E-state index contributed by atoms with van der Waals surface area (Å²) < 4.78 is 12.6. The van der Waals surface area contributed by atoms with E-state index in [0.29, 0.717) is 24.2 Å². The Bertz CT molecular complexity index is 1190. The van der Waals surface area contributed by atoms with Crippen molar-refractivity contribution in [1.82, 2.24) is 19.8 Å². The van der Waals surface area contributed by atoms with Crippen LogP contribution in [-0.2, 0) is 12.8 Å². The second kappa shape index (κ2) is 6.84. The Balaban J connectivity index is 1.68. The molecule has 3 heterocycles. The number of hydrogen-bond acceptors (Lipinski definition) is 6. The number of rotatable bonds is 4. The van der Waals surface area contributed by atoms with Crippen LogP contribution < -0.4 is 4.74 Å². The van der Waals surface area contributed by atoms with Crippen molar-refractivity contribution in [2.45, 2.75) is 32.1 Å². The Hall–Kier alpha value is -3.48. The number of hydrogen-bond donors (Lipinski definition) is 0. The average molecular weight is 388 g/mol. The largest absolute Gasteiger partial charge is 0.497 e. The number of carbonyl (C=O) groups excluding carboxylic acids is 1. The molecule has 1 aliphatic rings. The third-order valence-corrected chi connectivity index (χ3v) is 5.50. The van der Waals surface area contributed by atoms with Crippen LogP contribution >= 0.6 is 0 Å². The first kappa shape index (κ1) is 17.6. The van der Waals surface area contributed by atoms with E-state index in [1.165, 1.54) is 0 Å². The highest BCUT2D eigenvalue weighted by atomic mass is 16.5. The first-order valence-electron chi connectivity index (χ1n) is 9.67. The Morgan fingerprint density at radius 2 is 2.00 bits per heavy atom. The van der Waals surface area contributed by atoms with E-state index in [0.717, 1.165) is 40.4 Å². The van der Waals surface area contributed by atoms with Crippen LogP contribution in [0.1, 0.15) is 46.9 Å². The predicted molar refractivity (Wildman–Crippen MR) is 106 cm³/mol. The van der Waals surface area contributed by atoms with Crippen molar-refractivity contribution in [3.05, 3.63) is 65.5 Å². The van der Waals surface area contributed by atoms with Gasteiger partial charge in [0.05, 0.1) is 30.3 Å². The molecule has 5 rings (SSSR count). The highest BCUT2D eigenvalue weighted by Gasteiger charge is 2.32. The van der Waals surface area contributed by atoms with E-state index in [2.05, 4.69) is 17.1 Å². The van der Waals surface area contributed by atoms with Gasteiger partial charge in [0.15, 0.2) is 17.1 Å². The molecule has 0 spiro atoms. The summed E-state index contributed by atoms with van der Waals surface area (Å²) in [4.78, 5) is 12.7. The maximum atomic E-state index is 12.7. The Labute approximate surface area is 167 Å². The Morgan fingerprint density at radius 3 is 2.69 bits per heavy atom. The lowest BCUT2D eigenvalue weighted by Crippen LogP contribution is -2.24. The summed E-state index contributed by atoms with van der Waals surface area (Å²) in [6.07, 6.45) is 3.39. The number of ether oxygens (including phenoxy) is 1. The molecule has 7 heteroatoms. The molecule has 0 saturated carbocycles. The van der Waals surface area contributed by atoms with Gasteiger partial charge < -0.3 is 9.15 Å². The number of fused-ring (bicyclic) bond motifs is 3. The molecule has 7 nitrogen and oxygen atoms in total. The molecular weight excluding hydrogens is 368 g/mol. The van der Waals surface area contributed by atoms with E-state index in [9.17, 15) is 4.79 Å². The fourth-order valence-electron chi connectivity index (χ4n) is 4.04. The summed E-state index contributed by atoms with van der Waals surface area (Å²) in [7, 11) is 1.64. The molecule has 4 aromatic rings. The van der Waals surface area contributed by atoms with Crippen molar-refractivity contribution in [2.24, 2.45) is 0 Å². The van der Waals surface area contributed by atoms with Gasteiger partial charge in [0.1, 0.15) is 11.5 Å². The highest BCUT2D eigenvalue weighted by molar-refractivity contribution is 5.97. The van der Waals surface area contributed by atoms with Crippen molar-refractivity contribution < 1.29 is 13.9 Å². The van der Waals surface area contributed by atoms with Crippen molar-refractivity contribution in [1.29, 1.82) is 0 Å². The van der Waals surface area contributed by atoms with Crippen LogP contribution in [0.2, 0.25) is 0 Å². The zero-order valence-corrected chi connectivity index (χ0v) is 16.3. The standard InChI is InChI=1S/C22H20N4O3/c1-3-16-20(13-6-8-15(28-2)9-7-13)22-24-23-21-17(26(22)25-16)11-14(12-18(21)27)19-5-4-10-29-19/h4-10,14H,3,11-12H2,1-2H3/t14-/m1/s1. The molecule has 3 aromatic heterocycles. The van der Waals surface area contributed by atoms with Gasteiger partial charge in [-0.15, -0.1) is 10.2 Å². The molecule has 146 valence electrons. The van der Waals surface area contributed by atoms with Gasteiger partial charge in [0.2, 0.25) is 0 Å². The lowest BCUT2D eigenvalue weighted by Gasteiger charge is -2.21. The Morgan fingerprint density at radius 1 is 1.17 bits per heavy atom. The lowest BCUT2D eigenvalue weighted by atomic mass is 9.87. The number of aryl methyl sites for hydroxylation is 1. The first-order chi connectivity index (χ1) is 14.2. The maximum absolute atomic E-state index is 12.7. The number of Topliss-reactive ketones (excluding diaryl/α,β-unsaturated/α-hetero) is 1. The lowest BCUT2D eigenvalue weighted by molar-refractivity contribution is 0.0951. The van der Waals surface area contributed by atoms with Gasteiger partial charge >= 0.3 is 0 Å². The second-order valence-corrected chi connectivity index (χ2v) is 7.18. The quantitative estimate of drug-likeness (QED) is 0.528. The van der Waals surface area contributed by atoms with E-state index in [-0.39, 0.29) is 11.7 Å². The summed E-state index contributed by atoms with van der Waals surface area (Å²) >= 11 is 0. The molecule has 0 N–H and O–H groups in total. The van der Waals surface area contributed by atoms with Gasteiger partial charge in [-0.25, -0.2) is 4.52 Å². The minimum atomic E-state index is -0.0263. The molecule has 29 heavy (non-hydrogen) atoms. The molecule has 0 fully saturated rings. The minimum absolute atomic E-state index is 0.0175. The van der Waals surface area contributed by atoms with Gasteiger partial charge in [-0.3, -0.25) is 4.79 Å². The number of aromatic nitrogens is 4. The van der Waals surface area contributed by atoms with E-state index >= 15 is 0 Å². The maximum Gasteiger partial charge on any atom is 0.185 e. The average Bonchev–Trinajstić information content (AvgIpc) is 3.41. The summed E-state index contributed by atoms with van der Waals surface area (Å²) in [5, 5.41) is 13.5. The molecule has 0 bridgehead atoms. The van der Waals surface area contributed by atoms with Crippen LogP contribution in [0.4, 0.5) is 0 Å². The molecule has 1 aliphatic carbocycles. The fourth-order valence-corrected chi connectivity index (χ4v) is 4.04. The number of carbonyl (C=O) groups is 1. The molecule has 0 unspecified atom stereocenters. The molecule has 0 radical (unpaired) electrons. The van der Waals surface area contributed by atoms with Gasteiger partial charge in [0, 0.05) is 18.8 Å². The first-order valence-corrected chi connectivity index (χ1v) is 9.67. The number of ketones is 1. The van der Waals surface area contributed by atoms with E-state index in [1.807, 2.05) is 36.4 Å². The third kappa shape index (κ3) is 2.81. The molecule has 0 aliphatic heterocycles. The second-order valence-electron chi connectivity index (χ2n) is 7.18. The van der Waals surface area contributed by atoms with Crippen LogP contribution in [0.25, 0.3) is 16.8 Å². The predicted octanol–water partition coefficient (Wildman–Crippen LogP) is 3.87. The monoisotopic (exact) mass is 388 g/mol. The number of benzene rings is 1. The summed E-state index contributed by atoms with van der Waals surface area (Å²) in [6.45, 7) is 2.06. The number of nitrogens with zero attached hydrogens (tertiary/aromatic N) is 4. The van der Waals surface area contributed by atoms with E-state index in [1.54, 1.807) is 17.9 Å². The normalized spacial score (nSPS) is 16.2. The van der Waals surface area contributed by atoms with Crippen LogP contribution in [0.15, 0.2) is 47.1 Å². The van der Waals surface area contributed by atoms with Crippen molar-refractivity contribution in [3.63, 3.8) is 0 Å². The van der Waals surface area contributed by atoms with E-state index in [4.69, 9.17) is 14.3 Å². The van der Waals surface area contributed by atoms with Crippen LogP contribution in [0, 0.1) is 0 Å². The topological polar surface area (TPSA) is 82.5 Å². The third-order valence-electron chi connectivity index (χ3n) is 5.50. The summed E-state index contributed by atoms with van der Waals surface area (Å²) in [5.41, 5.74) is 4.73. The summed E-state index contributed by atoms with van der Waals surface area (Å²) in [6, 6.07) is 11.6. The molecule has 1 aromatic carbocycles. The molecule has 0 saturated heterocycles. The van der Waals surface area contributed by atoms with Crippen molar-refractivity contribution in [3.8, 4) is 16.9 Å². The zero-order valence-electron chi connectivity index (χ0n) is 16.3. The van der Waals surface area contributed by atoms with Gasteiger partial charge in [0.25, 0.3) is 0 Å². The molecule has 0 amide bonds. The smallest absolute Gasteiger partial charge is 0.185 e. The number of furan rings is 1. The minimum Gasteiger partial charge on any atom is -0.497 e. The summed E-state index contributed by atoms with van der Waals surface area (Å²) in [5.74, 6) is 1.56. The zero-order chi connectivity index (χ0) is 20.0. The van der Waals surface area contributed by atoms with Gasteiger partial charge in [-0.05, 0) is 36.2 Å². The van der Waals surface area contributed by atoms with Crippen LogP contribution in [0.3, 0.4) is 0 Å². The fraction of sp³-hybridized carbons (Fsp3) is 0.273.